The minimum Gasteiger partial charge on any atom is -0.480 e. The largest absolute Gasteiger partial charge is 0.480 e. The van der Waals surface area contributed by atoms with Gasteiger partial charge in [0.2, 0.25) is 11.1 Å². The van der Waals surface area contributed by atoms with Gasteiger partial charge in [-0.15, -0.1) is 0 Å². The van der Waals surface area contributed by atoms with E-state index in [0.29, 0.717) is 21.8 Å². The predicted octanol–water partition coefficient (Wildman–Crippen LogP) is 0.750. The highest BCUT2D eigenvalue weighted by Crippen LogP contribution is 2.16. The van der Waals surface area contributed by atoms with Gasteiger partial charge in [0.1, 0.15) is 12.7 Å². The number of aromatic nitrogens is 2. The predicted molar refractivity (Wildman–Crippen MR) is 90.6 cm³/mol. The molecule has 2 unspecified atom stereocenters. The molecule has 25 heavy (non-hydrogen) atoms. The van der Waals surface area contributed by atoms with Crippen LogP contribution in [0, 0.1) is 6.92 Å². The monoisotopic (exact) mass is 364 g/mol. The maximum atomic E-state index is 13.9. The zero-order valence-corrected chi connectivity index (χ0v) is 14.3. The molecule has 1 aliphatic rings. The number of carboxylic acids is 1. The number of carbonyl (C=O) groups is 1. The number of halogens is 1. The molecule has 132 valence electrons. The lowest BCUT2D eigenvalue weighted by Crippen LogP contribution is -2.35. The van der Waals surface area contributed by atoms with Crippen molar-refractivity contribution in [3.8, 4) is 0 Å². The first-order chi connectivity index (χ1) is 11.9. The number of pyridine rings is 1. The van der Waals surface area contributed by atoms with Gasteiger partial charge in [-0.25, -0.2) is 13.6 Å². The number of alkyl halides is 1. The molecule has 0 fully saturated rings. The smallest absolute Gasteiger partial charge is 0.323 e. The van der Waals surface area contributed by atoms with Crippen LogP contribution in [0.4, 0.5) is 4.39 Å². The van der Waals surface area contributed by atoms with E-state index in [-0.39, 0.29) is 24.4 Å². The van der Waals surface area contributed by atoms with E-state index in [9.17, 15) is 17.9 Å². The Labute approximate surface area is 145 Å². The number of aliphatic carboxylic acids is 1. The van der Waals surface area contributed by atoms with Crippen molar-refractivity contribution in [3.05, 3.63) is 45.7 Å². The molecule has 0 aliphatic heterocycles. The van der Waals surface area contributed by atoms with Crippen LogP contribution in [0.15, 0.2) is 23.4 Å². The molecule has 0 amide bonds. The molecule has 0 bridgehead atoms. The summed E-state index contributed by atoms with van der Waals surface area (Å²) in [4.78, 5) is 15.1. The fourth-order valence-corrected chi connectivity index (χ4v) is 3.70. The van der Waals surface area contributed by atoms with Gasteiger partial charge in [-0.2, -0.15) is 0 Å². The zero-order valence-electron chi connectivity index (χ0n) is 13.5. The summed E-state index contributed by atoms with van der Waals surface area (Å²) >= 11 is -2.24. The molecular weight excluding hydrogens is 347 g/mol. The van der Waals surface area contributed by atoms with Crippen LogP contribution < -0.4 is 10.6 Å². The molecule has 2 aromatic heterocycles. The van der Waals surface area contributed by atoms with Crippen molar-refractivity contribution in [1.29, 1.82) is 0 Å². The van der Waals surface area contributed by atoms with Gasteiger partial charge in [0.05, 0.1) is 0 Å². The van der Waals surface area contributed by atoms with E-state index in [1.54, 1.807) is 29.7 Å². The normalized spacial score (nSPS) is 17.3. The summed E-state index contributed by atoms with van der Waals surface area (Å²) in [7, 11) is 0. The van der Waals surface area contributed by atoms with Gasteiger partial charge in [-0.3, -0.25) is 4.79 Å². The zero-order chi connectivity index (χ0) is 18.1. The maximum Gasteiger partial charge on any atom is 0.323 e. The summed E-state index contributed by atoms with van der Waals surface area (Å²) in [5.41, 5.74) is 2.00. The van der Waals surface area contributed by atoms with Crippen LogP contribution >= 0.6 is 0 Å². The standard InChI is InChI=1S/C17H17FN2O4S/c1-10-13(7-11-3-2-6-19-17(11)25(23)24)14-8-12(18)4-5-15(14)20(10)9-16(21)22/h2-3,5-6,8,12H,4,7,9H2,1H3,(H,21,22)(H,23,24). The van der Waals surface area contributed by atoms with E-state index < -0.39 is 23.2 Å². The number of hydrogen-bond donors (Lipinski definition) is 2. The van der Waals surface area contributed by atoms with E-state index in [4.69, 9.17) is 5.11 Å². The van der Waals surface area contributed by atoms with E-state index in [0.717, 1.165) is 5.56 Å². The van der Waals surface area contributed by atoms with Crippen LogP contribution in [0.25, 0.3) is 12.2 Å². The van der Waals surface area contributed by atoms with Crippen LogP contribution in [0.1, 0.15) is 23.2 Å². The van der Waals surface area contributed by atoms with E-state index >= 15 is 0 Å². The quantitative estimate of drug-likeness (QED) is 0.764. The molecule has 0 aromatic carbocycles. The molecule has 6 nitrogen and oxygen atoms in total. The molecule has 0 radical (unpaired) electrons. The highest BCUT2D eigenvalue weighted by Gasteiger charge is 2.19. The summed E-state index contributed by atoms with van der Waals surface area (Å²) in [6, 6.07) is 3.35. The molecule has 3 rings (SSSR count). The second kappa shape index (κ2) is 6.89. The van der Waals surface area contributed by atoms with Gasteiger partial charge in [-0.05, 0) is 30.2 Å². The number of fused-ring (bicyclic) bond motifs is 1. The van der Waals surface area contributed by atoms with Crippen molar-refractivity contribution < 1.29 is 23.1 Å². The molecule has 8 heteroatoms. The molecule has 2 N–H and O–H groups in total. The van der Waals surface area contributed by atoms with Gasteiger partial charge in [0, 0.05) is 35.3 Å². The molecule has 1 aliphatic carbocycles. The Morgan fingerprint density at radius 1 is 1.52 bits per heavy atom. The van der Waals surface area contributed by atoms with Gasteiger partial charge < -0.3 is 14.2 Å². The molecule has 0 saturated carbocycles. The van der Waals surface area contributed by atoms with Gasteiger partial charge in [-0.1, -0.05) is 12.1 Å². The first-order valence-electron chi connectivity index (χ1n) is 7.69. The molecule has 2 atom stereocenters. The summed E-state index contributed by atoms with van der Waals surface area (Å²) in [6.07, 6.45) is 3.96. The highest BCUT2D eigenvalue weighted by molar-refractivity contribution is 7.79. The van der Waals surface area contributed by atoms with E-state index in [1.165, 1.54) is 12.3 Å². The lowest BCUT2D eigenvalue weighted by molar-refractivity contribution is -0.137. The van der Waals surface area contributed by atoms with Crippen molar-refractivity contribution >= 4 is 29.2 Å². The third-order valence-corrected chi connectivity index (χ3v) is 4.99. The number of nitrogens with zero attached hydrogens (tertiary/aromatic N) is 2. The summed E-state index contributed by atoms with van der Waals surface area (Å²) in [6.45, 7) is 1.55. The second-order valence-corrected chi connectivity index (χ2v) is 6.74. The SMILES string of the molecule is Cc1c(Cc2cccnc2S(=O)O)c2c(n1CC(=O)O)=CCC(F)C=2. The highest BCUT2D eigenvalue weighted by atomic mass is 32.2. The summed E-state index contributed by atoms with van der Waals surface area (Å²) in [5, 5.41) is 10.5. The number of hydrogen-bond acceptors (Lipinski definition) is 3. The van der Waals surface area contributed by atoms with Crippen molar-refractivity contribution in [1.82, 2.24) is 9.55 Å². The van der Waals surface area contributed by atoms with Crippen molar-refractivity contribution in [2.75, 3.05) is 0 Å². The Morgan fingerprint density at radius 2 is 2.28 bits per heavy atom. The van der Waals surface area contributed by atoms with Crippen LogP contribution in [-0.4, -0.2) is 35.6 Å². The lowest BCUT2D eigenvalue weighted by atomic mass is 10.0. The Morgan fingerprint density at radius 3 is 2.96 bits per heavy atom. The van der Waals surface area contributed by atoms with E-state index in [1.807, 2.05) is 0 Å². The first kappa shape index (κ1) is 17.5. The van der Waals surface area contributed by atoms with Crippen LogP contribution in [0.3, 0.4) is 0 Å². The van der Waals surface area contributed by atoms with Gasteiger partial charge in [0.25, 0.3) is 0 Å². The third kappa shape index (κ3) is 3.40. The Balaban J connectivity index is 2.18. The molecule has 2 heterocycles. The van der Waals surface area contributed by atoms with Crippen LogP contribution in [0.2, 0.25) is 0 Å². The fourth-order valence-electron chi connectivity index (χ4n) is 3.19. The van der Waals surface area contributed by atoms with Crippen molar-refractivity contribution in [2.45, 2.75) is 37.5 Å². The number of carboxylic acid groups (broad SMARTS) is 1. The topological polar surface area (TPSA) is 92.4 Å². The Kier molecular flexibility index (Phi) is 4.82. The maximum absolute atomic E-state index is 13.9. The van der Waals surface area contributed by atoms with Crippen molar-refractivity contribution in [3.63, 3.8) is 0 Å². The van der Waals surface area contributed by atoms with Gasteiger partial charge in [0.15, 0.2) is 5.03 Å². The summed E-state index contributed by atoms with van der Waals surface area (Å²) in [5.74, 6) is -0.984. The minimum absolute atomic E-state index is 0.0539. The number of rotatable bonds is 5. The average molecular weight is 364 g/mol. The fraction of sp³-hybridized carbons (Fsp3) is 0.294. The van der Waals surface area contributed by atoms with E-state index in [2.05, 4.69) is 4.98 Å². The van der Waals surface area contributed by atoms with Crippen molar-refractivity contribution in [2.24, 2.45) is 0 Å². The van der Waals surface area contributed by atoms with Gasteiger partial charge >= 0.3 is 5.97 Å². The molecular formula is C17H17FN2O4S. The summed E-state index contributed by atoms with van der Waals surface area (Å²) < 4.78 is 36.4. The average Bonchev–Trinajstić information content (AvgIpc) is 2.80. The second-order valence-electron chi connectivity index (χ2n) is 5.86. The Hall–Kier alpha value is -2.32. The first-order valence-corrected chi connectivity index (χ1v) is 8.79. The molecule has 2 aromatic rings. The Bertz CT molecular complexity index is 983. The third-order valence-electron chi connectivity index (χ3n) is 4.29. The lowest BCUT2D eigenvalue weighted by Gasteiger charge is -2.07. The molecule has 0 saturated heterocycles. The van der Waals surface area contributed by atoms with Crippen LogP contribution in [0.5, 0.6) is 0 Å². The minimum atomic E-state index is -2.24. The molecule has 0 spiro atoms. The van der Waals surface area contributed by atoms with Crippen LogP contribution in [-0.2, 0) is 28.8 Å².